The number of para-hydroxylation sites is 1. The number of nitrogens with zero attached hydrogens (tertiary/aromatic N) is 3. The minimum atomic E-state index is 0.0377. The third-order valence-corrected chi connectivity index (χ3v) is 4.25. The molecule has 0 atom stereocenters. The Kier molecular flexibility index (Phi) is 5.16. The van der Waals surface area contributed by atoms with Gasteiger partial charge in [-0.05, 0) is 35.1 Å². The maximum atomic E-state index is 4.54. The number of hydrogen-bond donors (Lipinski definition) is 2. The zero-order valence-electron chi connectivity index (χ0n) is 15.7. The van der Waals surface area contributed by atoms with Crippen LogP contribution in [0.4, 0.5) is 17.5 Å². The van der Waals surface area contributed by atoms with E-state index in [0.717, 1.165) is 5.69 Å². The molecule has 2 aromatic carbocycles. The average Bonchev–Trinajstić information content (AvgIpc) is 2.61. The van der Waals surface area contributed by atoms with Crippen molar-refractivity contribution in [3.05, 3.63) is 71.4 Å². The molecule has 2 N–H and O–H groups in total. The molecule has 1 aromatic heterocycles. The fourth-order valence-electron chi connectivity index (χ4n) is 2.81. The van der Waals surface area contributed by atoms with Crippen molar-refractivity contribution >= 4 is 17.5 Å². The first-order valence-electron chi connectivity index (χ1n) is 8.78. The number of anilines is 3. The molecule has 0 bridgehead atoms. The highest BCUT2D eigenvalue weighted by atomic mass is 15.3. The molecule has 0 amide bonds. The second-order valence-corrected chi connectivity index (χ2v) is 7.37. The lowest BCUT2D eigenvalue weighted by Crippen LogP contribution is -2.14. The van der Waals surface area contributed by atoms with E-state index in [9.17, 15) is 0 Å². The predicted octanol–water partition coefficient (Wildman–Crippen LogP) is 4.83. The molecule has 3 rings (SSSR count). The van der Waals surface area contributed by atoms with Crippen molar-refractivity contribution in [1.82, 2.24) is 15.2 Å². The summed E-state index contributed by atoms with van der Waals surface area (Å²) in [5.41, 5.74) is 4.75. The van der Waals surface area contributed by atoms with Gasteiger partial charge in [-0.15, -0.1) is 5.10 Å². The molecule has 0 saturated heterocycles. The van der Waals surface area contributed by atoms with Crippen molar-refractivity contribution in [1.29, 1.82) is 0 Å². The Morgan fingerprint density at radius 1 is 0.962 bits per heavy atom. The van der Waals surface area contributed by atoms with E-state index in [4.69, 9.17) is 0 Å². The topological polar surface area (TPSA) is 62.7 Å². The zero-order chi connectivity index (χ0) is 18.6. The van der Waals surface area contributed by atoms with Gasteiger partial charge in [-0.2, -0.15) is 10.1 Å². The maximum Gasteiger partial charge on any atom is 0.244 e. The van der Waals surface area contributed by atoms with Gasteiger partial charge in [-0.3, -0.25) is 0 Å². The first-order chi connectivity index (χ1) is 12.4. The van der Waals surface area contributed by atoms with Crippen LogP contribution in [-0.2, 0) is 12.0 Å². The predicted molar refractivity (Wildman–Crippen MR) is 107 cm³/mol. The smallest absolute Gasteiger partial charge is 0.244 e. The van der Waals surface area contributed by atoms with Crippen LogP contribution in [0.3, 0.4) is 0 Å². The molecule has 0 aliphatic rings. The highest BCUT2D eigenvalue weighted by molar-refractivity contribution is 5.62. The summed E-state index contributed by atoms with van der Waals surface area (Å²) in [6.07, 6.45) is 1.64. The molecule has 0 fully saturated rings. The quantitative estimate of drug-likeness (QED) is 0.692. The van der Waals surface area contributed by atoms with Crippen molar-refractivity contribution < 1.29 is 0 Å². The lowest BCUT2D eigenvalue weighted by Gasteiger charge is -2.23. The van der Waals surface area contributed by atoms with Crippen LogP contribution in [0.15, 0.2) is 54.7 Å². The van der Waals surface area contributed by atoms with E-state index >= 15 is 0 Å². The summed E-state index contributed by atoms with van der Waals surface area (Å²) in [6.45, 7) is 9.34. The van der Waals surface area contributed by atoms with Crippen LogP contribution in [0.1, 0.15) is 37.5 Å². The van der Waals surface area contributed by atoms with Gasteiger partial charge in [-0.25, -0.2) is 0 Å². The minimum absolute atomic E-state index is 0.0377. The molecule has 0 unspecified atom stereocenters. The zero-order valence-corrected chi connectivity index (χ0v) is 15.7. The first-order valence-corrected chi connectivity index (χ1v) is 8.78. The van der Waals surface area contributed by atoms with Gasteiger partial charge >= 0.3 is 0 Å². The van der Waals surface area contributed by atoms with Crippen LogP contribution in [0, 0.1) is 6.92 Å². The van der Waals surface area contributed by atoms with E-state index in [1.54, 1.807) is 6.20 Å². The monoisotopic (exact) mass is 347 g/mol. The Bertz CT molecular complexity index is 883. The van der Waals surface area contributed by atoms with Crippen molar-refractivity contribution in [2.45, 2.75) is 39.7 Å². The van der Waals surface area contributed by atoms with Gasteiger partial charge in [-0.1, -0.05) is 63.2 Å². The van der Waals surface area contributed by atoms with E-state index < -0.39 is 0 Å². The van der Waals surface area contributed by atoms with Crippen molar-refractivity contribution in [3.63, 3.8) is 0 Å². The summed E-state index contributed by atoms with van der Waals surface area (Å²) in [4.78, 5) is 4.54. The lowest BCUT2D eigenvalue weighted by atomic mass is 9.86. The summed E-state index contributed by atoms with van der Waals surface area (Å²) in [6, 6.07) is 16.5. The van der Waals surface area contributed by atoms with Gasteiger partial charge < -0.3 is 10.6 Å². The Hall–Kier alpha value is -2.95. The molecule has 3 aromatic rings. The highest BCUT2D eigenvalue weighted by Crippen LogP contribution is 2.30. The van der Waals surface area contributed by atoms with Crippen LogP contribution in [0.25, 0.3) is 0 Å². The van der Waals surface area contributed by atoms with Crippen molar-refractivity contribution in [2.24, 2.45) is 0 Å². The Balaban J connectivity index is 1.75. The van der Waals surface area contributed by atoms with E-state index in [1.807, 2.05) is 18.2 Å². The molecule has 0 radical (unpaired) electrons. The van der Waals surface area contributed by atoms with Gasteiger partial charge in [0.2, 0.25) is 5.95 Å². The molecule has 0 spiro atoms. The van der Waals surface area contributed by atoms with E-state index in [2.05, 4.69) is 83.8 Å². The highest BCUT2D eigenvalue weighted by Gasteiger charge is 2.17. The largest absolute Gasteiger partial charge is 0.349 e. The molecule has 5 heteroatoms. The molecule has 0 aliphatic carbocycles. The van der Waals surface area contributed by atoms with Crippen LogP contribution >= 0.6 is 0 Å². The first kappa shape index (κ1) is 17.9. The van der Waals surface area contributed by atoms with Crippen molar-refractivity contribution in [2.75, 3.05) is 10.6 Å². The molecular weight excluding hydrogens is 322 g/mol. The van der Waals surface area contributed by atoms with Gasteiger partial charge in [0, 0.05) is 12.2 Å². The standard InChI is InChI=1S/C21H25N5/c1-15-9-5-6-10-16(15)13-22-20-25-19(14-23-26-20)24-18-12-8-7-11-17(18)21(2,3)4/h5-12,14H,13H2,1-4H3,(H2,22,24,25,26). The van der Waals surface area contributed by atoms with Gasteiger partial charge in [0.25, 0.3) is 0 Å². The van der Waals surface area contributed by atoms with Gasteiger partial charge in [0.05, 0.1) is 6.20 Å². The number of hydrogen-bond acceptors (Lipinski definition) is 5. The normalized spacial score (nSPS) is 11.2. The SMILES string of the molecule is Cc1ccccc1CNc1nncc(Nc2ccccc2C(C)(C)C)n1. The fourth-order valence-corrected chi connectivity index (χ4v) is 2.81. The number of nitrogens with one attached hydrogen (secondary N) is 2. The number of benzene rings is 2. The second-order valence-electron chi connectivity index (χ2n) is 7.37. The van der Waals surface area contributed by atoms with Gasteiger partial charge in [0.15, 0.2) is 5.82 Å². The summed E-state index contributed by atoms with van der Waals surface area (Å²) >= 11 is 0. The molecule has 0 saturated carbocycles. The lowest BCUT2D eigenvalue weighted by molar-refractivity contribution is 0.592. The van der Waals surface area contributed by atoms with Crippen LogP contribution in [0.5, 0.6) is 0 Å². The number of rotatable bonds is 5. The van der Waals surface area contributed by atoms with Crippen LogP contribution in [0.2, 0.25) is 0 Å². The molecule has 26 heavy (non-hydrogen) atoms. The molecular formula is C21H25N5. The molecule has 1 heterocycles. The summed E-state index contributed by atoms with van der Waals surface area (Å²) in [5, 5.41) is 14.8. The summed E-state index contributed by atoms with van der Waals surface area (Å²) < 4.78 is 0. The third-order valence-electron chi connectivity index (χ3n) is 4.25. The van der Waals surface area contributed by atoms with Crippen LogP contribution < -0.4 is 10.6 Å². The van der Waals surface area contributed by atoms with Crippen LogP contribution in [-0.4, -0.2) is 15.2 Å². The minimum Gasteiger partial charge on any atom is -0.349 e. The summed E-state index contributed by atoms with van der Waals surface area (Å²) in [7, 11) is 0. The second kappa shape index (κ2) is 7.52. The number of aromatic nitrogens is 3. The Morgan fingerprint density at radius 3 is 2.46 bits per heavy atom. The average molecular weight is 347 g/mol. The number of aryl methyl sites for hydroxylation is 1. The van der Waals surface area contributed by atoms with Gasteiger partial charge in [0.1, 0.15) is 0 Å². The molecule has 0 aliphatic heterocycles. The molecule has 134 valence electrons. The Morgan fingerprint density at radius 2 is 1.69 bits per heavy atom. The third kappa shape index (κ3) is 4.36. The van der Waals surface area contributed by atoms with E-state index in [0.29, 0.717) is 18.3 Å². The summed E-state index contributed by atoms with van der Waals surface area (Å²) in [5.74, 6) is 1.18. The maximum absolute atomic E-state index is 4.54. The van der Waals surface area contributed by atoms with Crippen molar-refractivity contribution in [3.8, 4) is 0 Å². The fraction of sp³-hybridized carbons (Fsp3) is 0.286. The Labute approximate surface area is 154 Å². The molecule has 5 nitrogen and oxygen atoms in total. The van der Waals surface area contributed by atoms with E-state index in [1.165, 1.54) is 16.7 Å². The van der Waals surface area contributed by atoms with E-state index in [-0.39, 0.29) is 5.41 Å².